The van der Waals surface area contributed by atoms with Gasteiger partial charge in [0.2, 0.25) is 0 Å². The van der Waals surface area contributed by atoms with Crippen molar-refractivity contribution in [2.24, 2.45) is 0 Å². The Balaban J connectivity index is 3.39. The van der Waals surface area contributed by atoms with Crippen LogP contribution < -0.4 is 0 Å². The van der Waals surface area contributed by atoms with E-state index in [4.69, 9.17) is 9.47 Å². The van der Waals surface area contributed by atoms with Crippen LogP contribution in [-0.4, -0.2) is 36.4 Å². The maximum Gasteiger partial charge on any atom is 0.306 e. The first-order valence-corrected chi connectivity index (χ1v) is 37.5. The van der Waals surface area contributed by atoms with Crippen molar-refractivity contribution in [3.63, 3.8) is 0 Å². The van der Waals surface area contributed by atoms with Crippen LogP contribution in [0.5, 0.6) is 0 Å². The van der Waals surface area contributed by atoms with Gasteiger partial charge in [-0.25, -0.2) is 0 Å². The number of carbonyl (C=O) groups is 2. The predicted molar refractivity (Wildman–Crippen MR) is 371 cm³/mol. The summed E-state index contributed by atoms with van der Waals surface area (Å²) in [6.07, 6.45) is 104. The number of hydrogen-bond acceptors (Lipinski definition) is 5. The zero-order valence-corrected chi connectivity index (χ0v) is 56.4. The van der Waals surface area contributed by atoms with E-state index in [1.807, 2.05) is 0 Å². The summed E-state index contributed by atoms with van der Waals surface area (Å²) in [5, 5.41) is 9.71. The number of esters is 2. The molecule has 1 N–H and O–H groups in total. The normalized spacial score (nSPS) is 12.6. The number of allylic oxidation sites excluding steroid dienone is 12. The van der Waals surface area contributed by atoms with Crippen molar-refractivity contribution < 1.29 is 24.2 Å². The van der Waals surface area contributed by atoms with E-state index in [1.54, 1.807) is 0 Å². The molecule has 0 saturated heterocycles. The Morgan fingerprint density at radius 1 is 0.286 bits per heavy atom. The van der Waals surface area contributed by atoms with Crippen LogP contribution in [0.3, 0.4) is 0 Å². The van der Waals surface area contributed by atoms with Gasteiger partial charge in [-0.05, 0) is 83.5 Å². The smallest absolute Gasteiger partial charge is 0.306 e. The highest BCUT2D eigenvalue weighted by Crippen LogP contribution is 2.19. The third kappa shape index (κ3) is 71.8. The summed E-state index contributed by atoms with van der Waals surface area (Å²) >= 11 is 0. The van der Waals surface area contributed by atoms with Gasteiger partial charge in [0.15, 0.2) is 6.10 Å². The lowest BCUT2D eigenvalue weighted by Gasteiger charge is -2.15. The van der Waals surface area contributed by atoms with Crippen LogP contribution in [0.15, 0.2) is 72.9 Å². The minimum atomic E-state index is -0.774. The van der Waals surface area contributed by atoms with Gasteiger partial charge in [-0.1, -0.05) is 376 Å². The van der Waals surface area contributed by atoms with Crippen LogP contribution in [0.25, 0.3) is 0 Å². The first-order valence-electron chi connectivity index (χ1n) is 37.5. The Kier molecular flexibility index (Phi) is 72.2. The molecule has 0 aromatic heterocycles. The van der Waals surface area contributed by atoms with Crippen molar-refractivity contribution in [1.82, 2.24) is 0 Å². The van der Waals surface area contributed by atoms with Crippen molar-refractivity contribution in [2.45, 2.75) is 405 Å². The molecule has 5 nitrogen and oxygen atoms in total. The summed E-state index contributed by atoms with van der Waals surface area (Å²) in [6, 6.07) is 0. The molecular formula is C79H144O5. The van der Waals surface area contributed by atoms with Crippen LogP contribution in [-0.2, 0) is 19.1 Å². The number of unbranched alkanes of at least 4 members (excludes halogenated alkanes) is 50. The lowest BCUT2D eigenvalue weighted by Crippen LogP contribution is -2.28. The maximum atomic E-state index is 12.4. The van der Waals surface area contributed by atoms with E-state index in [9.17, 15) is 14.7 Å². The quantitative estimate of drug-likeness (QED) is 0.0373. The Morgan fingerprint density at radius 3 is 0.786 bits per heavy atom. The minimum absolute atomic E-state index is 0.0626. The van der Waals surface area contributed by atoms with Gasteiger partial charge < -0.3 is 14.6 Å². The molecule has 0 aliphatic heterocycles. The molecule has 0 aliphatic carbocycles. The van der Waals surface area contributed by atoms with Gasteiger partial charge in [-0.3, -0.25) is 9.59 Å². The zero-order chi connectivity index (χ0) is 60.5. The molecule has 0 aliphatic rings. The fourth-order valence-corrected chi connectivity index (χ4v) is 11.4. The standard InChI is InChI=1S/C79H144O5/c1-3-5-7-9-11-13-15-17-19-21-23-25-27-29-31-33-35-36-37-38-39-40-41-42-44-45-47-49-51-53-55-57-59-61-63-65-67-69-71-73-78(81)83-76-77(75-80)84-79(82)74-72-70-68-66-64-62-60-58-56-54-52-50-48-46-43-34-32-30-28-26-24-22-20-18-16-14-12-10-8-6-4-2/h6,8,12,14,18,20-21,23-24,26,30,32,77,80H,3-5,7,9-11,13,15-17,19,22,25,27-29,31,33-76H2,1-2H3/b8-6-,14-12-,20-18-,23-21-,26-24-,32-30-. The summed E-state index contributed by atoms with van der Waals surface area (Å²) in [7, 11) is 0. The SMILES string of the molecule is CC/C=C\C/C=C\C/C=C\C/C=C\C/C=C\CCCCCCCCCCCCCCCCCC(=O)OC(CO)COC(=O)CCCCCCCCCCCCCCCCCCCCCCCCCCCCC/C=C\CCCCCCCCCC. The van der Waals surface area contributed by atoms with Crippen LogP contribution in [0.2, 0.25) is 0 Å². The van der Waals surface area contributed by atoms with Crippen molar-refractivity contribution >= 4 is 11.9 Å². The van der Waals surface area contributed by atoms with E-state index in [0.29, 0.717) is 12.8 Å². The Labute approximate surface area is 524 Å². The van der Waals surface area contributed by atoms with E-state index < -0.39 is 6.10 Å². The molecule has 490 valence electrons. The third-order valence-electron chi connectivity index (χ3n) is 17.0. The molecule has 0 spiro atoms. The molecule has 0 amide bonds. The van der Waals surface area contributed by atoms with E-state index >= 15 is 0 Å². The largest absolute Gasteiger partial charge is 0.462 e. The van der Waals surface area contributed by atoms with E-state index in [2.05, 4.69) is 86.8 Å². The van der Waals surface area contributed by atoms with Gasteiger partial charge in [0, 0.05) is 12.8 Å². The van der Waals surface area contributed by atoms with Gasteiger partial charge in [0.25, 0.3) is 0 Å². The molecule has 0 aromatic rings. The fraction of sp³-hybridized carbons (Fsp3) is 0.823. The Hall–Kier alpha value is -2.66. The maximum absolute atomic E-state index is 12.4. The summed E-state index contributed by atoms with van der Waals surface area (Å²) in [5.74, 6) is -0.572. The van der Waals surface area contributed by atoms with Gasteiger partial charge >= 0.3 is 11.9 Å². The predicted octanol–water partition coefficient (Wildman–Crippen LogP) is 26.2. The van der Waals surface area contributed by atoms with E-state index in [0.717, 1.165) is 70.6 Å². The first kappa shape index (κ1) is 81.3. The summed E-state index contributed by atoms with van der Waals surface area (Å²) in [6.45, 7) is 4.08. The average molecular weight is 1170 g/mol. The number of carbonyl (C=O) groups excluding carboxylic acids is 2. The molecular weight excluding hydrogens is 1030 g/mol. The molecule has 0 rings (SSSR count). The second-order valence-corrected chi connectivity index (χ2v) is 25.3. The first-order chi connectivity index (χ1) is 41.6. The van der Waals surface area contributed by atoms with Gasteiger partial charge in [0.1, 0.15) is 6.61 Å². The molecule has 84 heavy (non-hydrogen) atoms. The highest BCUT2D eigenvalue weighted by molar-refractivity contribution is 5.70. The zero-order valence-electron chi connectivity index (χ0n) is 56.4. The number of aliphatic hydroxyl groups excluding tert-OH is 1. The van der Waals surface area contributed by atoms with Crippen molar-refractivity contribution in [2.75, 3.05) is 13.2 Å². The summed E-state index contributed by atoms with van der Waals surface area (Å²) < 4.78 is 10.8. The molecule has 0 fully saturated rings. The summed E-state index contributed by atoms with van der Waals surface area (Å²) in [4.78, 5) is 24.7. The third-order valence-corrected chi connectivity index (χ3v) is 17.0. The van der Waals surface area contributed by atoms with E-state index in [1.165, 1.54) is 302 Å². The van der Waals surface area contributed by atoms with E-state index in [-0.39, 0.29) is 25.2 Å². The molecule has 1 atom stereocenters. The second-order valence-electron chi connectivity index (χ2n) is 25.3. The molecule has 1 unspecified atom stereocenters. The number of ether oxygens (including phenoxy) is 2. The number of rotatable bonds is 70. The molecule has 0 radical (unpaired) electrons. The second kappa shape index (κ2) is 74.6. The van der Waals surface area contributed by atoms with Crippen LogP contribution in [0, 0.1) is 0 Å². The van der Waals surface area contributed by atoms with Crippen molar-refractivity contribution in [3.8, 4) is 0 Å². The van der Waals surface area contributed by atoms with Crippen molar-refractivity contribution in [1.29, 1.82) is 0 Å². The van der Waals surface area contributed by atoms with Crippen molar-refractivity contribution in [3.05, 3.63) is 72.9 Å². The minimum Gasteiger partial charge on any atom is -0.462 e. The summed E-state index contributed by atoms with van der Waals surface area (Å²) in [5.41, 5.74) is 0. The molecule has 5 heteroatoms. The van der Waals surface area contributed by atoms with Crippen LogP contribution in [0.4, 0.5) is 0 Å². The molecule has 0 saturated carbocycles. The molecule has 0 aromatic carbocycles. The topological polar surface area (TPSA) is 72.8 Å². The monoisotopic (exact) mass is 1170 g/mol. The fourth-order valence-electron chi connectivity index (χ4n) is 11.4. The highest BCUT2D eigenvalue weighted by atomic mass is 16.6. The Morgan fingerprint density at radius 2 is 0.512 bits per heavy atom. The van der Waals surface area contributed by atoms with Crippen LogP contribution in [0.1, 0.15) is 399 Å². The lowest BCUT2D eigenvalue weighted by atomic mass is 10.0. The lowest BCUT2D eigenvalue weighted by molar-refractivity contribution is -0.161. The van der Waals surface area contributed by atoms with Crippen LogP contribution >= 0.6 is 0 Å². The Bertz CT molecular complexity index is 1470. The number of hydrogen-bond donors (Lipinski definition) is 1. The number of aliphatic hydroxyl groups is 1. The molecule has 0 bridgehead atoms. The average Bonchev–Trinajstić information content (AvgIpc) is 3.51. The van der Waals surface area contributed by atoms with Gasteiger partial charge in [-0.2, -0.15) is 0 Å². The van der Waals surface area contributed by atoms with Gasteiger partial charge in [0.05, 0.1) is 6.61 Å². The molecule has 0 heterocycles. The van der Waals surface area contributed by atoms with Gasteiger partial charge in [-0.15, -0.1) is 0 Å². The highest BCUT2D eigenvalue weighted by Gasteiger charge is 2.16.